The Bertz CT molecular complexity index is 387. The maximum absolute atomic E-state index is 4.01. The third kappa shape index (κ3) is 5.59. The summed E-state index contributed by atoms with van der Waals surface area (Å²) in [6.07, 6.45) is 6.73. The molecule has 0 amide bonds. The normalized spacial score (nSPS) is 13.7. The SMILES string of the molecule is C=CC(C)(CCC=C(C)C)CSc1ccccc1. The summed E-state index contributed by atoms with van der Waals surface area (Å²) in [6, 6.07) is 10.6. The van der Waals surface area contributed by atoms with Gasteiger partial charge in [0.25, 0.3) is 0 Å². The highest BCUT2D eigenvalue weighted by atomic mass is 32.2. The molecule has 1 aromatic rings. The van der Waals surface area contributed by atoms with Gasteiger partial charge in [-0.2, -0.15) is 0 Å². The van der Waals surface area contributed by atoms with Crippen molar-refractivity contribution in [2.24, 2.45) is 5.41 Å². The minimum atomic E-state index is 0.215. The zero-order valence-corrected chi connectivity index (χ0v) is 12.6. The van der Waals surface area contributed by atoms with E-state index in [2.05, 4.69) is 69.8 Å². The molecule has 0 saturated carbocycles. The van der Waals surface area contributed by atoms with E-state index < -0.39 is 0 Å². The molecule has 18 heavy (non-hydrogen) atoms. The van der Waals surface area contributed by atoms with E-state index in [0.717, 1.165) is 12.2 Å². The number of benzene rings is 1. The van der Waals surface area contributed by atoms with Gasteiger partial charge >= 0.3 is 0 Å². The lowest BCUT2D eigenvalue weighted by atomic mass is 9.87. The van der Waals surface area contributed by atoms with Gasteiger partial charge in [0, 0.05) is 10.6 Å². The van der Waals surface area contributed by atoms with E-state index in [0.29, 0.717) is 0 Å². The molecule has 1 rings (SSSR count). The third-order valence-corrected chi connectivity index (χ3v) is 4.48. The van der Waals surface area contributed by atoms with Crippen LogP contribution in [0.4, 0.5) is 0 Å². The molecule has 1 heteroatoms. The van der Waals surface area contributed by atoms with Crippen LogP contribution in [-0.4, -0.2) is 5.75 Å². The van der Waals surface area contributed by atoms with Crippen molar-refractivity contribution in [1.29, 1.82) is 0 Å². The van der Waals surface area contributed by atoms with Crippen LogP contribution < -0.4 is 0 Å². The Balaban J connectivity index is 2.49. The maximum Gasteiger partial charge on any atom is 0.00722 e. The van der Waals surface area contributed by atoms with Gasteiger partial charge in [-0.3, -0.25) is 0 Å². The van der Waals surface area contributed by atoms with Gasteiger partial charge in [-0.25, -0.2) is 0 Å². The summed E-state index contributed by atoms with van der Waals surface area (Å²) < 4.78 is 0. The molecule has 0 fully saturated rings. The monoisotopic (exact) mass is 260 g/mol. The molecule has 0 spiro atoms. The van der Waals surface area contributed by atoms with Crippen LogP contribution in [0.25, 0.3) is 0 Å². The summed E-state index contributed by atoms with van der Waals surface area (Å²) >= 11 is 1.92. The minimum Gasteiger partial charge on any atom is -0.125 e. The molecule has 98 valence electrons. The fourth-order valence-corrected chi connectivity index (χ4v) is 2.80. The number of allylic oxidation sites excluding steroid dienone is 3. The van der Waals surface area contributed by atoms with Gasteiger partial charge in [-0.05, 0) is 44.2 Å². The molecule has 0 aromatic heterocycles. The van der Waals surface area contributed by atoms with Gasteiger partial charge in [0.1, 0.15) is 0 Å². The molecule has 0 aliphatic heterocycles. The molecule has 0 nitrogen and oxygen atoms in total. The highest BCUT2D eigenvalue weighted by molar-refractivity contribution is 7.99. The summed E-state index contributed by atoms with van der Waals surface area (Å²) in [5.41, 5.74) is 1.61. The second kappa shape index (κ2) is 7.48. The Morgan fingerprint density at radius 1 is 1.28 bits per heavy atom. The first-order valence-electron chi connectivity index (χ1n) is 6.50. The number of hydrogen-bond acceptors (Lipinski definition) is 1. The van der Waals surface area contributed by atoms with Crippen molar-refractivity contribution < 1.29 is 0 Å². The molecule has 0 N–H and O–H groups in total. The molecule has 0 radical (unpaired) electrons. The Morgan fingerprint density at radius 2 is 1.94 bits per heavy atom. The smallest absolute Gasteiger partial charge is 0.00722 e. The van der Waals surface area contributed by atoms with Gasteiger partial charge in [0.2, 0.25) is 0 Å². The van der Waals surface area contributed by atoms with Crippen molar-refractivity contribution in [1.82, 2.24) is 0 Å². The van der Waals surface area contributed by atoms with Crippen LogP contribution in [0.1, 0.15) is 33.6 Å². The van der Waals surface area contributed by atoms with Crippen LogP contribution in [-0.2, 0) is 0 Å². The van der Waals surface area contributed by atoms with E-state index in [1.165, 1.54) is 16.9 Å². The predicted octanol–water partition coefficient (Wildman–Crippen LogP) is 5.72. The van der Waals surface area contributed by atoms with E-state index in [-0.39, 0.29) is 5.41 Å². The van der Waals surface area contributed by atoms with Crippen LogP contribution in [0.5, 0.6) is 0 Å². The van der Waals surface area contributed by atoms with Crippen LogP contribution in [0.2, 0.25) is 0 Å². The first-order chi connectivity index (χ1) is 8.56. The second-order valence-corrected chi connectivity index (χ2v) is 6.33. The van der Waals surface area contributed by atoms with Gasteiger partial charge in [0.15, 0.2) is 0 Å². The van der Waals surface area contributed by atoms with Crippen molar-refractivity contribution in [3.63, 3.8) is 0 Å². The standard InChI is InChI=1S/C17H24S/c1-5-17(4,13-9-10-15(2)3)14-18-16-11-7-6-8-12-16/h5-8,10-12H,1,9,13-14H2,2-4H3. The first kappa shape index (κ1) is 15.1. The Labute approximate surface area is 116 Å². The number of thioether (sulfide) groups is 1. The lowest BCUT2D eigenvalue weighted by Gasteiger charge is -2.24. The predicted molar refractivity (Wildman–Crippen MR) is 84.1 cm³/mol. The molecule has 0 saturated heterocycles. The number of hydrogen-bond donors (Lipinski definition) is 0. The molecule has 0 aliphatic rings. The van der Waals surface area contributed by atoms with Crippen molar-refractivity contribution in [3.8, 4) is 0 Å². The highest BCUT2D eigenvalue weighted by Gasteiger charge is 2.19. The zero-order chi connectivity index (χ0) is 13.4. The van der Waals surface area contributed by atoms with Crippen molar-refractivity contribution in [2.75, 3.05) is 5.75 Å². The van der Waals surface area contributed by atoms with Crippen LogP contribution >= 0.6 is 11.8 Å². The van der Waals surface area contributed by atoms with Crippen LogP contribution in [0.15, 0.2) is 59.5 Å². The quantitative estimate of drug-likeness (QED) is 0.446. The van der Waals surface area contributed by atoms with Crippen LogP contribution in [0, 0.1) is 5.41 Å². The third-order valence-electron chi connectivity index (χ3n) is 3.07. The Hall–Kier alpha value is -0.950. The topological polar surface area (TPSA) is 0 Å². The summed E-state index contributed by atoms with van der Waals surface area (Å²) in [4.78, 5) is 1.34. The average molecular weight is 260 g/mol. The summed E-state index contributed by atoms with van der Waals surface area (Å²) in [5.74, 6) is 1.09. The van der Waals surface area contributed by atoms with E-state index in [4.69, 9.17) is 0 Å². The van der Waals surface area contributed by atoms with Gasteiger partial charge in [-0.15, -0.1) is 18.3 Å². The van der Waals surface area contributed by atoms with Crippen molar-refractivity contribution >= 4 is 11.8 Å². The molecule has 1 aromatic carbocycles. The molecular formula is C17H24S. The summed E-state index contributed by atoms with van der Waals surface area (Å²) in [5, 5.41) is 0. The first-order valence-corrected chi connectivity index (χ1v) is 7.49. The molecule has 0 aliphatic carbocycles. The van der Waals surface area contributed by atoms with Gasteiger partial charge in [0.05, 0.1) is 0 Å². The second-order valence-electron chi connectivity index (χ2n) is 5.28. The lowest BCUT2D eigenvalue weighted by molar-refractivity contribution is 0.453. The van der Waals surface area contributed by atoms with E-state index in [1.54, 1.807) is 0 Å². The fourth-order valence-electron chi connectivity index (χ4n) is 1.69. The van der Waals surface area contributed by atoms with E-state index in [9.17, 15) is 0 Å². The zero-order valence-electron chi connectivity index (χ0n) is 11.8. The van der Waals surface area contributed by atoms with Crippen molar-refractivity contribution in [3.05, 3.63) is 54.6 Å². The largest absolute Gasteiger partial charge is 0.125 e. The maximum atomic E-state index is 4.01. The Morgan fingerprint density at radius 3 is 2.50 bits per heavy atom. The van der Waals surface area contributed by atoms with E-state index >= 15 is 0 Å². The number of rotatable bonds is 7. The average Bonchev–Trinajstić information content (AvgIpc) is 2.37. The molecular weight excluding hydrogens is 236 g/mol. The highest BCUT2D eigenvalue weighted by Crippen LogP contribution is 2.32. The lowest BCUT2D eigenvalue weighted by Crippen LogP contribution is -2.15. The molecule has 0 heterocycles. The van der Waals surface area contributed by atoms with Gasteiger partial charge in [-0.1, -0.05) is 42.8 Å². The van der Waals surface area contributed by atoms with Gasteiger partial charge < -0.3 is 0 Å². The summed E-state index contributed by atoms with van der Waals surface area (Å²) in [6.45, 7) is 10.6. The molecule has 1 atom stereocenters. The van der Waals surface area contributed by atoms with E-state index in [1.807, 2.05) is 11.8 Å². The minimum absolute atomic E-state index is 0.215. The van der Waals surface area contributed by atoms with Crippen LogP contribution in [0.3, 0.4) is 0 Å². The summed E-state index contributed by atoms with van der Waals surface area (Å²) in [7, 11) is 0. The van der Waals surface area contributed by atoms with Crippen molar-refractivity contribution in [2.45, 2.75) is 38.5 Å². The molecule has 0 bridgehead atoms. The molecule has 1 unspecified atom stereocenters. The Kier molecular flexibility index (Phi) is 6.28. The fraction of sp³-hybridized carbons (Fsp3) is 0.412.